The van der Waals surface area contributed by atoms with Gasteiger partial charge in [0.25, 0.3) is 0 Å². The Kier molecular flexibility index (Phi) is 6.11. The molecule has 1 heterocycles. The molecule has 0 fully saturated rings. The number of aromatic nitrogens is 1. The second-order valence-electron chi connectivity index (χ2n) is 6.60. The van der Waals surface area contributed by atoms with Gasteiger partial charge in [-0.2, -0.15) is 5.10 Å². The Morgan fingerprint density at radius 3 is 2.50 bits per heavy atom. The number of rotatable bonds is 7. The molecule has 0 saturated heterocycles. The van der Waals surface area contributed by atoms with Gasteiger partial charge in [-0.15, -0.1) is 0 Å². The maximum absolute atomic E-state index is 6.23. The largest absolute Gasteiger partial charge is 0.487 e. The minimum absolute atomic E-state index is 0.308. The quantitative estimate of drug-likeness (QED) is 0.282. The van der Waals surface area contributed by atoms with E-state index in [1.807, 2.05) is 85.8 Å². The second-order valence-corrected chi connectivity index (χ2v) is 7.00. The number of aryl methyl sites for hydroxylation is 1. The summed E-state index contributed by atoms with van der Waals surface area (Å²) in [6.45, 7) is 2.17. The molecule has 5 nitrogen and oxygen atoms in total. The number of benzene rings is 3. The molecule has 30 heavy (non-hydrogen) atoms. The molecule has 0 amide bonds. The number of hydrogen-bond acceptors (Lipinski definition) is 5. The van der Waals surface area contributed by atoms with E-state index in [-0.39, 0.29) is 0 Å². The standard InChI is InChI=1S/C24H20ClN3O2/c1-17-23(27-24(30-17)21-9-5-6-10-22(21)25)16-29-20-13-11-18(12-14-20)15-26-28-19-7-3-2-4-8-19/h2-15,28H,16H2,1H3. The third kappa shape index (κ3) is 4.88. The van der Waals surface area contributed by atoms with Crippen molar-refractivity contribution in [1.29, 1.82) is 0 Å². The van der Waals surface area contributed by atoms with Gasteiger partial charge in [0.15, 0.2) is 0 Å². The van der Waals surface area contributed by atoms with Crippen molar-refractivity contribution in [2.24, 2.45) is 5.10 Å². The number of oxazole rings is 1. The van der Waals surface area contributed by atoms with Crippen molar-refractivity contribution >= 4 is 23.5 Å². The topological polar surface area (TPSA) is 59.7 Å². The van der Waals surface area contributed by atoms with Crippen LogP contribution in [0, 0.1) is 6.92 Å². The molecule has 4 rings (SSSR count). The first-order valence-corrected chi connectivity index (χ1v) is 9.85. The molecule has 0 bridgehead atoms. The van der Waals surface area contributed by atoms with Crippen LogP contribution in [0.2, 0.25) is 5.02 Å². The van der Waals surface area contributed by atoms with Crippen LogP contribution in [-0.4, -0.2) is 11.2 Å². The smallest absolute Gasteiger partial charge is 0.228 e. The third-order valence-electron chi connectivity index (χ3n) is 4.43. The van der Waals surface area contributed by atoms with Gasteiger partial charge in [0.1, 0.15) is 23.8 Å². The van der Waals surface area contributed by atoms with E-state index < -0.39 is 0 Å². The number of para-hydroxylation sites is 1. The van der Waals surface area contributed by atoms with Crippen LogP contribution in [0.5, 0.6) is 5.75 Å². The van der Waals surface area contributed by atoms with Crippen LogP contribution in [0.1, 0.15) is 17.0 Å². The fourth-order valence-corrected chi connectivity index (χ4v) is 3.02. The Morgan fingerprint density at radius 1 is 1.00 bits per heavy atom. The average molecular weight is 418 g/mol. The molecule has 4 aromatic rings. The van der Waals surface area contributed by atoms with Crippen LogP contribution in [-0.2, 0) is 6.61 Å². The molecule has 0 aliphatic rings. The Balaban J connectivity index is 1.36. The molecule has 1 aromatic heterocycles. The van der Waals surface area contributed by atoms with Gasteiger partial charge >= 0.3 is 0 Å². The Labute approximate surface area is 180 Å². The molecule has 150 valence electrons. The lowest BCUT2D eigenvalue weighted by molar-refractivity contribution is 0.299. The number of hydrazone groups is 1. The van der Waals surface area contributed by atoms with Crippen molar-refractivity contribution in [1.82, 2.24) is 4.98 Å². The normalized spacial score (nSPS) is 11.0. The fraction of sp³-hybridized carbons (Fsp3) is 0.0833. The number of ether oxygens (including phenoxy) is 1. The van der Waals surface area contributed by atoms with E-state index in [1.165, 1.54) is 0 Å². The van der Waals surface area contributed by atoms with Gasteiger partial charge in [-0.05, 0) is 61.0 Å². The lowest BCUT2D eigenvalue weighted by atomic mass is 10.2. The van der Waals surface area contributed by atoms with Crippen molar-refractivity contribution in [3.63, 3.8) is 0 Å². The molecule has 0 radical (unpaired) electrons. The minimum Gasteiger partial charge on any atom is -0.487 e. The molecule has 0 aliphatic carbocycles. The summed E-state index contributed by atoms with van der Waals surface area (Å²) in [5.41, 5.74) is 6.39. The molecular weight excluding hydrogens is 398 g/mol. The number of halogens is 1. The summed E-state index contributed by atoms with van der Waals surface area (Å²) < 4.78 is 11.6. The van der Waals surface area contributed by atoms with Gasteiger partial charge in [0.2, 0.25) is 5.89 Å². The van der Waals surface area contributed by atoms with Crippen molar-refractivity contribution in [3.05, 3.63) is 101 Å². The highest BCUT2D eigenvalue weighted by atomic mass is 35.5. The predicted octanol–water partition coefficient (Wildman–Crippen LogP) is 6.33. The Hall–Kier alpha value is -3.57. The highest BCUT2D eigenvalue weighted by molar-refractivity contribution is 6.33. The molecule has 0 aliphatic heterocycles. The molecule has 0 atom stereocenters. The summed E-state index contributed by atoms with van der Waals surface area (Å²) in [6.07, 6.45) is 1.76. The lowest BCUT2D eigenvalue weighted by Gasteiger charge is -2.05. The van der Waals surface area contributed by atoms with Crippen LogP contribution in [0.15, 0.2) is 88.4 Å². The number of nitrogens with one attached hydrogen (secondary N) is 1. The minimum atomic E-state index is 0.308. The highest BCUT2D eigenvalue weighted by Gasteiger charge is 2.14. The third-order valence-corrected chi connectivity index (χ3v) is 4.76. The maximum atomic E-state index is 6.23. The summed E-state index contributed by atoms with van der Waals surface area (Å²) in [7, 11) is 0. The van der Waals surface area contributed by atoms with Crippen molar-refractivity contribution in [2.75, 3.05) is 5.43 Å². The fourth-order valence-electron chi connectivity index (χ4n) is 2.81. The van der Waals surface area contributed by atoms with E-state index in [9.17, 15) is 0 Å². The number of nitrogens with zero attached hydrogens (tertiary/aromatic N) is 2. The van der Waals surface area contributed by atoms with Gasteiger partial charge in [-0.1, -0.05) is 41.9 Å². The molecule has 0 saturated carbocycles. The molecular formula is C24H20ClN3O2. The van der Waals surface area contributed by atoms with E-state index in [2.05, 4.69) is 15.5 Å². The predicted molar refractivity (Wildman–Crippen MR) is 120 cm³/mol. The SMILES string of the molecule is Cc1oc(-c2ccccc2Cl)nc1COc1ccc(C=NNc2ccccc2)cc1. The summed E-state index contributed by atoms with van der Waals surface area (Å²) >= 11 is 6.23. The maximum Gasteiger partial charge on any atom is 0.228 e. The average Bonchev–Trinajstić information content (AvgIpc) is 3.14. The lowest BCUT2D eigenvalue weighted by Crippen LogP contribution is -1.98. The molecule has 0 spiro atoms. The van der Waals surface area contributed by atoms with Crippen LogP contribution < -0.4 is 10.2 Å². The van der Waals surface area contributed by atoms with E-state index in [1.54, 1.807) is 6.21 Å². The summed E-state index contributed by atoms with van der Waals surface area (Å²) in [6, 6.07) is 24.9. The van der Waals surface area contributed by atoms with Crippen molar-refractivity contribution in [2.45, 2.75) is 13.5 Å². The van der Waals surface area contributed by atoms with Gasteiger partial charge in [-0.25, -0.2) is 4.98 Å². The van der Waals surface area contributed by atoms with Gasteiger partial charge in [-0.3, -0.25) is 5.43 Å². The van der Waals surface area contributed by atoms with Crippen molar-refractivity contribution in [3.8, 4) is 17.2 Å². The Bertz CT molecular complexity index is 1140. The van der Waals surface area contributed by atoms with E-state index in [0.29, 0.717) is 23.3 Å². The first-order chi connectivity index (χ1) is 14.7. The zero-order chi connectivity index (χ0) is 20.8. The van der Waals surface area contributed by atoms with Crippen LogP contribution in [0.4, 0.5) is 5.69 Å². The van der Waals surface area contributed by atoms with Gasteiger partial charge < -0.3 is 9.15 Å². The van der Waals surface area contributed by atoms with E-state index in [4.69, 9.17) is 20.8 Å². The van der Waals surface area contributed by atoms with Gasteiger partial charge in [0.05, 0.1) is 22.5 Å². The zero-order valence-corrected chi connectivity index (χ0v) is 17.1. The number of anilines is 1. The van der Waals surface area contributed by atoms with E-state index >= 15 is 0 Å². The molecule has 0 unspecified atom stereocenters. The molecule has 3 aromatic carbocycles. The molecule has 6 heteroatoms. The second kappa shape index (κ2) is 9.29. The summed E-state index contributed by atoms with van der Waals surface area (Å²) in [5.74, 6) is 1.94. The summed E-state index contributed by atoms with van der Waals surface area (Å²) in [4.78, 5) is 4.54. The zero-order valence-electron chi connectivity index (χ0n) is 16.4. The van der Waals surface area contributed by atoms with Crippen LogP contribution in [0.25, 0.3) is 11.5 Å². The monoisotopic (exact) mass is 417 g/mol. The van der Waals surface area contributed by atoms with Gasteiger partial charge in [0, 0.05) is 0 Å². The van der Waals surface area contributed by atoms with Crippen molar-refractivity contribution < 1.29 is 9.15 Å². The van der Waals surface area contributed by atoms with E-state index in [0.717, 1.165) is 28.3 Å². The van der Waals surface area contributed by atoms with Crippen LogP contribution in [0.3, 0.4) is 0 Å². The van der Waals surface area contributed by atoms with Crippen LogP contribution >= 0.6 is 11.6 Å². The first-order valence-electron chi connectivity index (χ1n) is 9.47. The first kappa shape index (κ1) is 19.7. The Morgan fingerprint density at radius 2 is 1.73 bits per heavy atom. The highest BCUT2D eigenvalue weighted by Crippen LogP contribution is 2.28. The number of hydrogen-bond donors (Lipinski definition) is 1. The summed E-state index contributed by atoms with van der Waals surface area (Å²) in [5, 5.41) is 4.84. The molecule has 1 N–H and O–H groups in total.